The summed E-state index contributed by atoms with van der Waals surface area (Å²) in [6.07, 6.45) is 16.4. The Morgan fingerprint density at radius 3 is 1.08 bits per heavy atom. The molecule has 0 radical (unpaired) electrons. The summed E-state index contributed by atoms with van der Waals surface area (Å²) in [7, 11) is 0. The third-order valence-electron chi connectivity index (χ3n) is 25.3. The largest absolute Gasteiger partial charge is 0.464 e. The van der Waals surface area contributed by atoms with E-state index in [1.807, 2.05) is 134 Å². The summed E-state index contributed by atoms with van der Waals surface area (Å²) in [5, 5.41) is 28.3. The van der Waals surface area contributed by atoms with Crippen LogP contribution in [-0.2, 0) is 0 Å². The number of furan rings is 4. The summed E-state index contributed by atoms with van der Waals surface area (Å²) in [4.78, 5) is 28.2. The fourth-order valence-corrected chi connectivity index (χ4v) is 19.4. The minimum atomic E-state index is 0.667. The van der Waals surface area contributed by atoms with Crippen molar-refractivity contribution in [2.45, 2.75) is 0 Å². The zero-order chi connectivity index (χ0) is 86.1. The van der Waals surface area contributed by atoms with Crippen molar-refractivity contribution in [3.05, 3.63) is 420 Å². The molecule has 17 heteroatoms. The second-order valence-electron chi connectivity index (χ2n) is 32.7. The minimum absolute atomic E-state index is 0.667. The first-order valence-corrected chi connectivity index (χ1v) is 43.4. The van der Waals surface area contributed by atoms with Crippen LogP contribution in [0.3, 0.4) is 0 Å². The molecule has 0 amide bonds. The van der Waals surface area contributed by atoms with Crippen LogP contribution in [0.2, 0.25) is 0 Å². The number of nitrogens with zero attached hydrogens (tertiary/aromatic N) is 13. The van der Waals surface area contributed by atoms with Gasteiger partial charge in [-0.15, -0.1) is 10.2 Å². The highest BCUT2D eigenvalue weighted by Crippen LogP contribution is 2.44. The number of fused-ring (bicyclic) bond motifs is 27. The predicted molar refractivity (Wildman–Crippen MR) is 528 cm³/mol. The Balaban J connectivity index is 0.0000000927. The number of hydrogen-bond acceptors (Lipinski definition) is 12. The van der Waals surface area contributed by atoms with E-state index in [4.69, 9.17) is 32.6 Å². The van der Waals surface area contributed by atoms with Gasteiger partial charge in [-0.2, -0.15) is 0 Å². The fraction of sp³-hybridized carbons (Fsp3) is 0. The molecule has 14 aromatic heterocycles. The molecule has 15 aromatic carbocycles. The number of benzene rings is 15. The number of pyridine rings is 4. The molecule has 0 spiro atoms. The highest BCUT2D eigenvalue weighted by Gasteiger charge is 2.25. The second-order valence-corrected chi connectivity index (χ2v) is 32.7. The van der Waals surface area contributed by atoms with Crippen molar-refractivity contribution in [2.75, 3.05) is 0 Å². The Labute approximate surface area is 744 Å². The van der Waals surface area contributed by atoms with Gasteiger partial charge in [0.1, 0.15) is 22.3 Å². The molecule has 0 saturated heterocycles. The highest BCUT2D eigenvalue weighted by atomic mass is 16.3. The zero-order valence-corrected chi connectivity index (χ0v) is 69.8. The summed E-state index contributed by atoms with van der Waals surface area (Å²) < 4.78 is 34.7. The van der Waals surface area contributed by atoms with Crippen molar-refractivity contribution in [3.8, 4) is 62.6 Å². The maximum Gasteiger partial charge on any atom is 0.235 e. The van der Waals surface area contributed by atoms with Gasteiger partial charge in [0.05, 0.1) is 136 Å². The monoisotopic (exact) mass is 1680 g/mol. The van der Waals surface area contributed by atoms with E-state index in [9.17, 15) is 0 Å². The lowest BCUT2D eigenvalue weighted by Crippen LogP contribution is -2.02. The number of hydrogen-bond donors (Lipinski definition) is 0. The Kier molecular flexibility index (Phi) is 17.2. The summed E-state index contributed by atoms with van der Waals surface area (Å²) in [6, 6.07) is 126. The molecule has 0 aliphatic rings. The molecule has 0 N–H and O–H groups in total. The van der Waals surface area contributed by atoms with E-state index in [1.54, 1.807) is 25.1 Å². The molecule has 17 nitrogen and oxygen atoms in total. The van der Waals surface area contributed by atoms with Crippen molar-refractivity contribution in [2.24, 2.45) is 0 Å². The maximum absolute atomic E-state index is 5.97. The van der Waals surface area contributed by atoms with Crippen LogP contribution in [0.5, 0.6) is 0 Å². The van der Waals surface area contributed by atoms with Crippen LogP contribution in [0.15, 0.2) is 438 Å². The van der Waals surface area contributed by atoms with Gasteiger partial charge >= 0.3 is 0 Å². The van der Waals surface area contributed by atoms with Crippen molar-refractivity contribution in [1.29, 1.82) is 0 Å². The van der Waals surface area contributed by atoms with E-state index < -0.39 is 0 Å². The minimum Gasteiger partial charge on any atom is -0.464 e. The van der Waals surface area contributed by atoms with Gasteiger partial charge in [0.25, 0.3) is 0 Å². The van der Waals surface area contributed by atoms with Crippen LogP contribution in [0.4, 0.5) is 0 Å². The standard InChI is InChI=1S/C34H22N4O.C32H19N3O.C26H15N3O.C22H13N3O/c1-3-10-24(11-4-1)33-35-36-34(25-12-5-2-6-13-25)38(33)27-15-9-14-26(22-27)37-29-17-8-7-16-28(29)31-30(37)19-18-23-20-21-39-32(23)31;1-2-9-27-26(8-1)29-28(13-12-21-14-16-36-32(21)29)35(27)25-7-3-5-22(18-25)24-17-23-11-10-20-6-4-15-33-30(20)31(23)34-19-24;1-2-6-21-20(5-1)23-22(10-9-17-11-13-30-26(17)23)29(21)19-14-18-8-7-16-4-3-12-27-24(16)25(18)28-15-19;1-3-7-17-15(5-1)13-23-22(24-17)25-18-8-4-2-6-16(18)20-19(25)10-9-14-11-12-26-21(14)20/h1-22H;1-19H;1-15H;1-13H. The van der Waals surface area contributed by atoms with E-state index >= 15 is 0 Å². The van der Waals surface area contributed by atoms with Crippen LogP contribution >= 0.6 is 0 Å². The second kappa shape index (κ2) is 30.3. The summed E-state index contributed by atoms with van der Waals surface area (Å²) in [6.45, 7) is 0. The lowest BCUT2D eigenvalue weighted by atomic mass is 10.0. The van der Waals surface area contributed by atoms with Gasteiger partial charge in [-0.25, -0.2) is 9.97 Å². The molecule has 0 bridgehead atoms. The summed E-state index contributed by atoms with van der Waals surface area (Å²) in [5.41, 5.74) is 25.6. The average Bonchev–Trinajstić information content (AvgIpc) is 1.58. The van der Waals surface area contributed by atoms with Crippen LogP contribution in [0.25, 0.3) is 248 Å². The Morgan fingerprint density at radius 1 is 0.206 bits per heavy atom. The molecule has 614 valence electrons. The SMILES string of the molecule is c1cc(-c2cnc3c(ccc4cccnc43)c2)cc(-n2c3ccccc3c3c4occc4ccc32)c1.c1ccc(-c2nnc(-c3ccccc3)n2-c2cccc(-n3c4ccccc4c4c5occc5ccc43)c2)cc1.c1ccc2nc(-n3c4ccccc4c4c5occc5ccc43)ncc2c1.c1cnc2c(c1)ccc1cc(-n3c4ccccc4c4c5occc5ccc43)cnc12. The number of aromatic nitrogens is 13. The van der Waals surface area contributed by atoms with Gasteiger partial charge in [-0.05, 0) is 163 Å². The van der Waals surface area contributed by atoms with Crippen LogP contribution in [-0.4, -0.2) is 62.9 Å². The Hall–Kier alpha value is -18.2. The predicted octanol–water partition coefficient (Wildman–Crippen LogP) is 28.8. The topological polar surface area (TPSA) is 180 Å². The first kappa shape index (κ1) is 74.2. The molecular weight excluding hydrogens is 1620 g/mol. The number of rotatable bonds is 8. The number of para-hydroxylation sites is 5. The molecule has 29 aromatic rings. The zero-order valence-electron chi connectivity index (χ0n) is 69.8. The van der Waals surface area contributed by atoms with E-state index in [-0.39, 0.29) is 0 Å². The van der Waals surface area contributed by atoms with Crippen LogP contribution in [0.1, 0.15) is 0 Å². The Morgan fingerprint density at radius 2 is 0.580 bits per heavy atom. The molecular formula is C114H69N13O4. The molecule has 0 aliphatic carbocycles. The van der Waals surface area contributed by atoms with Crippen LogP contribution in [0, 0.1) is 0 Å². The van der Waals surface area contributed by atoms with Gasteiger partial charge in [-0.3, -0.25) is 29.1 Å². The van der Waals surface area contributed by atoms with Crippen LogP contribution < -0.4 is 0 Å². The molecule has 0 unspecified atom stereocenters. The van der Waals surface area contributed by atoms with E-state index in [2.05, 4.69) is 309 Å². The summed E-state index contributed by atoms with van der Waals surface area (Å²) in [5.74, 6) is 2.26. The smallest absolute Gasteiger partial charge is 0.235 e. The quantitative estimate of drug-likeness (QED) is 0.132. The Bertz CT molecular complexity index is 9570. The van der Waals surface area contributed by atoms with Crippen molar-refractivity contribution in [1.82, 2.24) is 62.9 Å². The van der Waals surface area contributed by atoms with E-state index in [0.717, 1.165) is 231 Å². The van der Waals surface area contributed by atoms with Crippen molar-refractivity contribution >= 4 is 186 Å². The molecule has 29 rings (SSSR count). The lowest BCUT2D eigenvalue weighted by molar-refractivity contribution is 0.619. The molecule has 0 saturated carbocycles. The molecule has 131 heavy (non-hydrogen) atoms. The molecule has 14 heterocycles. The van der Waals surface area contributed by atoms with Gasteiger partial charge in [0.15, 0.2) is 11.6 Å². The average molecular weight is 1680 g/mol. The molecule has 0 aliphatic heterocycles. The maximum atomic E-state index is 5.97. The first-order chi connectivity index (χ1) is 65.0. The van der Waals surface area contributed by atoms with Gasteiger partial charge in [-0.1, -0.05) is 206 Å². The van der Waals surface area contributed by atoms with Gasteiger partial charge in [0.2, 0.25) is 5.95 Å². The normalized spacial score (nSPS) is 11.8. The van der Waals surface area contributed by atoms with E-state index in [1.165, 1.54) is 10.8 Å². The van der Waals surface area contributed by atoms with Gasteiger partial charge < -0.3 is 31.4 Å². The third kappa shape index (κ3) is 12.2. The van der Waals surface area contributed by atoms with Crippen molar-refractivity contribution in [3.63, 3.8) is 0 Å². The third-order valence-corrected chi connectivity index (χ3v) is 25.3. The molecule has 0 fully saturated rings. The van der Waals surface area contributed by atoms with E-state index in [0.29, 0.717) is 5.95 Å². The first-order valence-electron chi connectivity index (χ1n) is 43.4. The summed E-state index contributed by atoms with van der Waals surface area (Å²) >= 11 is 0. The lowest BCUT2D eigenvalue weighted by Gasteiger charge is -2.14. The van der Waals surface area contributed by atoms with Crippen molar-refractivity contribution < 1.29 is 17.7 Å². The highest BCUT2D eigenvalue weighted by molar-refractivity contribution is 6.23. The molecule has 0 atom stereocenters. The fourth-order valence-electron chi connectivity index (χ4n) is 19.4. The van der Waals surface area contributed by atoms with Gasteiger partial charge in [0, 0.05) is 123 Å².